The molecule has 1 aliphatic heterocycles. The van der Waals surface area contributed by atoms with E-state index >= 15 is 0 Å². The summed E-state index contributed by atoms with van der Waals surface area (Å²) in [7, 11) is 4.13. The third-order valence-electron chi connectivity index (χ3n) is 6.20. The van der Waals surface area contributed by atoms with Gasteiger partial charge in [0.15, 0.2) is 0 Å². The number of rotatable bonds is 3. The average molecular weight is 436 g/mol. The normalized spacial score (nSPS) is 15.6. The van der Waals surface area contributed by atoms with Crippen LogP contribution in [0.5, 0.6) is 0 Å². The maximum absolute atomic E-state index is 13.1. The Hall–Kier alpha value is -3.95. The molecule has 1 aliphatic rings. The molecule has 0 spiro atoms. The van der Waals surface area contributed by atoms with Crippen molar-refractivity contribution in [2.24, 2.45) is 0 Å². The number of fused-ring (bicyclic) bond motifs is 1. The van der Waals surface area contributed by atoms with Crippen LogP contribution in [0.1, 0.15) is 28.0 Å². The lowest BCUT2D eigenvalue weighted by atomic mass is 10.0. The van der Waals surface area contributed by atoms with Crippen molar-refractivity contribution in [3.8, 4) is 23.0 Å². The van der Waals surface area contributed by atoms with Crippen molar-refractivity contribution >= 4 is 16.8 Å². The van der Waals surface area contributed by atoms with Crippen molar-refractivity contribution < 1.29 is 4.79 Å². The van der Waals surface area contributed by atoms with Crippen LogP contribution in [0.15, 0.2) is 67.0 Å². The van der Waals surface area contributed by atoms with E-state index in [2.05, 4.69) is 46.0 Å². The van der Waals surface area contributed by atoms with Gasteiger partial charge in [0.2, 0.25) is 0 Å². The highest BCUT2D eigenvalue weighted by molar-refractivity contribution is 5.99. The molecule has 3 heterocycles. The van der Waals surface area contributed by atoms with Crippen LogP contribution in [0.4, 0.5) is 0 Å². The predicted octanol–water partition coefficient (Wildman–Crippen LogP) is 3.80. The number of H-pyrrole nitrogens is 1. The standard InChI is InChI=1S/C27H25N5O/c1-31(2)22-13-15-32(18-22)27(33)20-10-12-26-24(16-20)25(29-30-26)11-9-19-6-3-4-8-23(19)21-7-5-14-28-17-21/h3-8,10,12,14,16-17,22H,13,15,18H2,1-2H3,(H,29,30). The number of pyridine rings is 1. The van der Waals surface area contributed by atoms with Crippen LogP contribution < -0.4 is 0 Å². The number of hydrogen-bond donors (Lipinski definition) is 1. The summed E-state index contributed by atoms with van der Waals surface area (Å²) < 4.78 is 0. The van der Waals surface area contributed by atoms with Gasteiger partial charge >= 0.3 is 0 Å². The maximum Gasteiger partial charge on any atom is 0.253 e. The average Bonchev–Trinajstić information content (AvgIpc) is 3.50. The van der Waals surface area contributed by atoms with Gasteiger partial charge in [-0.1, -0.05) is 30.2 Å². The van der Waals surface area contributed by atoms with E-state index in [0.29, 0.717) is 17.3 Å². The molecule has 1 N–H and O–H groups in total. The van der Waals surface area contributed by atoms with Crippen LogP contribution in [0, 0.1) is 11.8 Å². The number of benzene rings is 2. The van der Waals surface area contributed by atoms with Crippen LogP contribution in [0.25, 0.3) is 22.0 Å². The lowest BCUT2D eigenvalue weighted by molar-refractivity contribution is 0.0783. The minimum atomic E-state index is 0.0586. The Morgan fingerprint density at radius 2 is 2.00 bits per heavy atom. The minimum Gasteiger partial charge on any atom is -0.337 e. The van der Waals surface area contributed by atoms with E-state index in [1.54, 1.807) is 6.20 Å². The summed E-state index contributed by atoms with van der Waals surface area (Å²) in [5.41, 5.74) is 5.13. The Labute approximate surface area is 193 Å². The van der Waals surface area contributed by atoms with Crippen molar-refractivity contribution in [1.82, 2.24) is 25.0 Å². The zero-order valence-electron chi connectivity index (χ0n) is 18.7. The first-order chi connectivity index (χ1) is 16.1. The fourth-order valence-electron chi connectivity index (χ4n) is 4.26. The highest BCUT2D eigenvalue weighted by atomic mass is 16.2. The molecule has 2 aromatic carbocycles. The van der Waals surface area contributed by atoms with E-state index in [0.717, 1.165) is 47.1 Å². The van der Waals surface area contributed by atoms with Gasteiger partial charge in [-0.15, -0.1) is 0 Å². The van der Waals surface area contributed by atoms with E-state index in [-0.39, 0.29) is 5.91 Å². The molecular formula is C27H25N5O. The third kappa shape index (κ3) is 4.23. The second-order valence-electron chi connectivity index (χ2n) is 8.53. The lowest BCUT2D eigenvalue weighted by Crippen LogP contribution is -2.34. The number of amides is 1. The number of hydrogen-bond acceptors (Lipinski definition) is 4. The molecule has 0 bridgehead atoms. The first-order valence-electron chi connectivity index (χ1n) is 11.1. The monoisotopic (exact) mass is 435 g/mol. The van der Waals surface area contributed by atoms with Gasteiger partial charge in [0.1, 0.15) is 5.69 Å². The molecule has 1 amide bonds. The number of carbonyl (C=O) groups is 1. The van der Waals surface area contributed by atoms with Crippen molar-refractivity contribution in [3.63, 3.8) is 0 Å². The van der Waals surface area contributed by atoms with Crippen LogP contribution >= 0.6 is 0 Å². The summed E-state index contributed by atoms with van der Waals surface area (Å²) in [6, 6.07) is 18.0. The van der Waals surface area contributed by atoms with E-state index in [1.165, 1.54) is 0 Å². The molecule has 0 aliphatic carbocycles. The van der Waals surface area contributed by atoms with Gasteiger partial charge in [-0.3, -0.25) is 14.9 Å². The van der Waals surface area contributed by atoms with Gasteiger partial charge in [0.25, 0.3) is 5.91 Å². The molecule has 2 aromatic heterocycles. The van der Waals surface area contributed by atoms with E-state index in [4.69, 9.17) is 0 Å². The highest BCUT2D eigenvalue weighted by Crippen LogP contribution is 2.23. The quantitative estimate of drug-likeness (QED) is 0.497. The van der Waals surface area contributed by atoms with Crippen molar-refractivity contribution in [1.29, 1.82) is 0 Å². The summed E-state index contributed by atoms with van der Waals surface area (Å²) >= 11 is 0. The zero-order valence-corrected chi connectivity index (χ0v) is 18.7. The fourth-order valence-corrected chi connectivity index (χ4v) is 4.26. The minimum absolute atomic E-state index is 0.0586. The number of nitrogens with zero attached hydrogens (tertiary/aromatic N) is 4. The lowest BCUT2D eigenvalue weighted by Gasteiger charge is -2.20. The summed E-state index contributed by atoms with van der Waals surface area (Å²) in [6.07, 6.45) is 4.60. The van der Waals surface area contributed by atoms with Crippen molar-refractivity contribution in [2.75, 3.05) is 27.2 Å². The Morgan fingerprint density at radius 1 is 1.12 bits per heavy atom. The molecular weight excluding hydrogens is 410 g/mol. The van der Waals surface area contributed by atoms with Gasteiger partial charge in [-0.05, 0) is 62.3 Å². The van der Waals surface area contributed by atoms with Crippen LogP contribution in [-0.4, -0.2) is 64.1 Å². The molecule has 164 valence electrons. The second-order valence-corrected chi connectivity index (χ2v) is 8.53. The molecule has 4 aromatic rings. The van der Waals surface area contributed by atoms with Gasteiger partial charge in [0.05, 0.1) is 5.52 Å². The molecule has 0 radical (unpaired) electrons. The predicted molar refractivity (Wildman–Crippen MR) is 130 cm³/mol. The van der Waals surface area contributed by atoms with E-state index in [9.17, 15) is 4.79 Å². The van der Waals surface area contributed by atoms with Crippen molar-refractivity contribution in [2.45, 2.75) is 12.5 Å². The SMILES string of the molecule is CN(C)C1CCN(C(=O)c2ccc3n[nH]c(C#Cc4ccccc4-c4cccnc4)c3c2)C1. The first kappa shape index (κ1) is 20.9. The number of carbonyl (C=O) groups excluding carboxylic acids is 1. The molecule has 0 saturated carbocycles. The second kappa shape index (κ2) is 8.89. The fraction of sp³-hybridized carbons (Fsp3) is 0.222. The molecule has 6 nitrogen and oxygen atoms in total. The summed E-state index contributed by atoms with van der Waals surface area (Å²) in [6.45, 7) is 1.54. The Morgan fingerprint density at radius 3 is 2.79 bits per heavy atom. The van der Waals surface area contributed by atoms with E-state index in [1.807, 2.05) is 65.7 Å². The van der Waals surface area contributed by atoms with Crippen LogP contribution in [-0.2, 0) is 0 Å². The summed E-state index contributed by atoms with van der Waals surface area (Å²) in [5, 5.41) is 8.27. The van der Waals surface area contributed by atoms with Gasteiger partial charge < -0.3 is 9.80 Å². The number of nitrogens with one attached hydrogen (secondary N) is 1. The number of likely N-dealkylation sites (N-methyl/N-ethyl adjacent to an activating group) is 1. The number of aromatic nitrogens is 3. The van der Waals surface area contributed by atoms with Gasteiger partial charge in [-0.25, -0.2) is 0 Å². The largest absolute Gasteiger partial charge is 0.337 e. The van der Waals surface area contributed by atoms with Gasteiger partial charge in [-0.2, -0.15) is 5.10 Å². The van der Waals surface area contributed by atoms with Crippen LogP contribution in [0.2, 0.25) is 0 Å². The smallest absolute Gasteiger partial charge is 0.253 e. The Bertz CT molecular complexity index is 1360. The highest BCUT2D eigenvalue weighted by Gasteiger charge is 2.28. The molecule has 5 rings (SSSR count). The Balaban J connectivity index is 1.45. The van der Waals surface area contributed by atoms with Gasteiger partial charge in [0, 0.05) is 53.6 Å². The topological polar surface area (TPSA) is 65.1 Å². The van der Waals surface area contributed by atoms with Crippen LogP contribution in [0.3, 0.4) is 0 Å². The molecule has 1 fully saturated rings. The molecule has 1 saturated heterocycles. The number of aromatic amines is 1. The first-order valence-corrected chi connectivity index (χ1v) is 11.1. The molecule has 33 heavy (non-hydrogen) atoms. The maximum atomic E-state index is 13.1. The molecule has 6 heteroatoms. The number of likely N-dealkylation sites (tertiary alicyclic amines) is 1. The Kier molecular flexibility index (Phi) is 5.64. The van der Waals surface area contributed by atoms with Crippen molar-refractivity contribution in [3.05, 3.63) is 83.8 Å². The van der Waals surface area contributed by atoms with E-state index < -0.39 is 0 Å². The summed E-state index contributed by atoms with van der Waals surface area (Å²) in [4.78, 5) is 21.4. The molecule has 1 atom stereocenters. The zero-order chi connectivity index (χ0) is 22.8. The summed E-state index contributed by atoms with van der Waals surface area (Å²) in [5.74, 6) is 6.57. The molecule has 1 unspecified atom stereocenters. The third-order valence-corrected chi connectivity index (χ3v) is 6.20.